The Labute approximate surface area is 113 Å². The van der Waals surface area contributed by atoms with E-state index in [4.69, 9.17) is 0 Å². The van der Waals surface area contributed by atoms with Crippen LogP contribution in [-0.2, 0) is 19.5 Å². The van der Waals surface area contributed by atoms with Crippen LogP contribution in [0.1, 0.15) is 42.2 Å². The first-order valence-electron chi connectivity index (χ1n) is 6.95. The van der Waals surface area contributed by atoms with Gasteiger partial charge in [0.15, 0.2) is 0 Å². The molecule has 4 nitrogen and oxygen atoms in total. The fraction of sp³-hybridized carbons (Fsp3) is 0.467. The quantitative estimate of drug-likeness (QED) is 0.913. The standard InChI is InChI=1S/C15H20N4/c1-11-5-3-6-13(9-11)10-16-12(2)15-18-17-14-7-4-8-19(14)15/h3,5-6,9,12,16H,4,7-8,10H2,1-2H3. The Kier molecular flexibility index (Phi) is 3.34. The average Bonchev–Trinajstić information content (AvgIpc) is 2.98. The summed E-state index contributed by atoms with van der Waals surface area (Å²) in [6.07, 6.45) is 2.26. The van der Waals surface area contributed by atoms with Gasteiger partial charge in [-0.15, -0.1) is 10.2 Å². The molecule has 4 heteroatoms. The van der Waals surface area contributed by atoms with Crippen molar-refractivity contribution in [3.05, 3.63) is 47.0 Å². The number of rotatable bonds is 4. The Morgan fingerprint density at radius 3 is 3.11 bits per heavy atom. The van der Waals surface area contributed by atoms with Crippen LogP contribution >= 0.6 is 0 Å². The van der Waals surface area contributed by atoms with Crippen LogP contribution in [0.3, 0.4) is 0 Å². The van der Waals surface area contributed by atoms with Crippen molar-refractivity contribution in [1.29, 1.82) is 0 Å². The molecule has 0 spiro atoms. The van der Waals surface area contributed by atoms with E-state index < -0.39 is 0 Å². The molecule has 0 aliphatic carbocycles. The number of hydrogen-bond acceptors (Lipinski definition) is 3. The molecule has 1 unspecified atom stereocenters. The third kappa shape index (κ3) is 2.54. The summed E-state index contributed by atoms with van der Waals surface area (Å²) < 4.78 is 2.26. The zero-order valence-corrected chi connectivity index (χ0v) is 11.6. The highest BCUT2D eigenvalue weighted by Crippen LogP contribution is 2.19. The molecule has 2 aromatic rings. The van der Waals surface area contributed by atoms with Gasteiger partial charge in [0, 0.05) is 19.5 Å². The van der Waals surface area contributed by atoms with Crippen LogP contribution in [-0.4, -0.2) is 14.8 Å². The highest BCUT2D eigenvalue weighted by molar-refractivity contribution is 5.22. The Morgan fingerprint density at radius 2 is 2.26 bits per heavy atom. The molecular formula is C15H20N4. The fourth-order valence-corrected chi connectivity index (χ4v) is 2.68. The predicted octanol–water partition coefficient (Wildman–Crippen LogP) is 2.38. The lowest BCUT2D eigenvalue weighted by Crippen LogP contribution is -2.21. The maximum absolute atomic E-state index is 4.32. The number of nitrogens with zero attached hydrogens (tertiary/aromatic N) is 3. The summed E-state index contributed by atoms with van der Waals surface area (Å²) in [6, 6.07) is 8.83. The zero-order valence-electron chi connectivity index (χ0n) is 11.6. The molecule has 0 saturated carbocycles. The van der Waals surface area contributed by atoms with Crippen LogP contribution in [0, 0.1) is 6.92 Å². The van der Waals surface area contributed by atoms with Crippen LogP contribution in [0.2, 0.25) is 0 Å². The molecule has 1 aromatic carbocycles. The molecule has 3 rings (SSSR count). The zero-order chi connectivity index (χ0) is 13.2. The van der Waals surface area contributed by atoms with Crippen molar-refractivity contribution in [3.8, 4) is 0 Å². The van der Waals surface area contributed by atoms with Crippen molar-refractivity contribution < 1.29 is 0 Å². The molecule has 0 bridgehead atoms. The molecule has 1 N–H and O–H groups in total. The van der Waals surface area contributed by atoms with Crippen molar-refractivity contribution in [2.45, 2.75) is 45.8 Å². The maximum Gasteiger partial charge on any atom is 0.149 e. The summed E-state index contributed by atoms with van der Waals surface area (Å²) in [5.41, 5.74) is 2.61. The van der Waals surface area contributed by atoms with Gasteiger partial charge in [-0.25, -0.2) is 0 Å². The van der Waals surface area contributed by atoms with Gasteiger partial charge >= 0.3 is 0 Å². The van der Waals surface area contributed by atoms with Gasteiger partial charge in [0.05, 0.1) is 6.04 Å². The molecule has 1 aliphatic rings. The van der Waals surface area contributed by atoms with E-state index in [9.17, 15) is 0 Å². The van der Waals surface area contributed by atoms with Gasteiger partial charge in [0.2, 0.25) is 0 Å². The highest BCUT2D eigenvalue weighted by Gasteiger charge is 2.20. The number of nitrogens with one attached hydrogen (secondary N) is 1. The van der Waals surface area contributed by atoms with Crippen LogP contribution in [0.25, 0.3) is 0 Å². The van der Waals surface area contributed by atoms with E-state index in [0.29, 0.717) is 0 Å². The minimum absolute atomic E-state index is 0.236. The van der Waals surface area contributed by atoms with E-state index in [1.54, 1.807) is 0 Å². The van der Waals surface area contributed by atoms with E-state index in [-0.39, 0.29) is 6.04 Å². The van der Waals surface area contributed by atoms with Gasteiger partial charge in [-0.1, -0.05) is 29.8 Å². The number of aryl methyl sites for hydroxylation is 2. The number of fused-ring (bicyclic) bond motifs is 1. The first-order chi connectivity index (χ1) is 9.24. The van der Waals surface area contributed by atoms with Gasteiger partial charge in [0.25, 0.3) is 0 Å². The first-order valence-corrected chi connectivity index (χ1v) is 6.95. The summed E-state index contributed by atoms with van der Waals surface area (Å²) in [5.74, 6) is 2.21. The van der Waals surface area contributed by atoms with E-state index in [1.165, 1.54) is 17.5 Å². The first kappa shape index (κ1) is 12.4. The minimum atomic E-state index is 0.236. The SMILES string of the molecule is Cc1cccc(CNC(C)c2nnc3n2CCC3)c1. The molecule has 1 aromatic heterocycles. The Hall–Kier alpha value is -1.68. The third-order valence-electron chi connectivity index (χ3n) is 3.72. The van der Waals surface area contributed by atoms with Crippen molar-refractivity contribution in [2.24, 2.45) is 0 Å². The lowest BCUT2D eigenvalue weighted by atomic mass is 10.1. The lowest BCUT2D eigenvalue weighted by Gasteiger charge is -2.14. The van der Waals surface area contributed by atoms with Crippen LogP contribution in [0.4, 0.5) is 0 Å². The smallest absolute Gasteiger partial charge is 0.149 e. The van der Waals surface area contributed by atoms with Crippen molar-refractivity contribution >= 4 is 0 Å². The lowest BCUT2D eigenvalue weighted by molar-refractivity contribution is 0.516. The molecular weight excluding hydrogens is 236 g/mol. The van der Waals surface area contributed by atoms with E-state index in [0.717, 1.165) is 31.2 Å². The topological polar surface area (TPSA) is 42.7 Å². The van der Waals surface area contributed by atoms with Crippen molar-refractivity contribution in [2.75, 3.05) is 0 Å². The monoisotopic (exact) mass is 256 g/mol. The molecule has 1 atom stereocenters. The molecule has 0 amide bonds. The molecule has 19 heavy (non-hydrogen) atoms. The number of benzene rings is 1. The van der Waals surface area contributed by atoms with Crippen LogP contribution < -0.4 is 5.32 Å². The largest absolute Gasteiger partial charge is 0.314 e. The normalized spacial score (nSPS) is 15.5. The second-order valence-corrected chi connectivity index (χ2v) is 5.32. The summed E-state index contributed by atoms with van der Waals surface area (Å²) in [5, 5.41) is 12.1. The minimum Gasteiger partial charge on any atom is -0.314 e. The maximum atomic E-state index is 4.32. The number of hydrogen-bond donors (Lipinski definition) is 1. The van der Waals surface area contributed by atoms with E-state index in [1.807, 2.05) is 0 Å². The molecule has 1 aliphatic heterocycles. The van der Waals surface area contributed by atoms with Crippen LogP contribution in [0.15, 0.2) is 24.3 Å². The van der Waals surface area contributed by atoms with Gasteiger partial charge in [0.1, 0.15) is 11.6 Å². The van der Waals surface area contributed by atoms with E-state index >= 15 is 0 Å². The number of aromatic nitrogens is 3. The Morgan fingerprint density at radius 1 is 1.37 bits per heavy atom. The van der Waals surface area contributed by atoms with Gasteiger partial charge < -0.3 is 9.88 Å². The predicted molar refractivity (Wildman–Crippen MR) is 74.8 cm³/mol. The van der Waals surface area contributed by atoms with Crippen molar-refractivity contribution in [1.82, 2.24) is 20.1 Å². The second kappa shape index (κ2) is 5.13. The molecule has 0 fully saturated rings. The summed E-state index contributed by atoms with van der Waals surface area (Å²) >= 11 is 0. The highest BCUT2D eigenvalue weighted by atomic mass is 15.3. The molecule has 0 saturated heterocycles. The Bertz CT molecular complexity index is 573. The fourth-order valence-electron chi connectivity index (χ4n) is 2.68. The average molecular weight is 256 g/mol. The van der Waals surface area contributed by atoms with Gasteiger partial charge in [-0.3, -0.25) is 0 Å². The van der Waals surface area contributed by atoms with Gasteiger partial charge in [-0.05, 0) is 25.8 Å². The third-order valence-corrected chi connectivity index (χ3v) is 3.72. The summed E-state index contributed by atoms with van der Waals surface area (Å²) in [7, 11) is 0. The molecule has 100 valence electrons. The summed E-state index contributed by atoms with van der Waals surface area (Å²) in [6.45, 7) is 6.21. The summed E-state index contributed by atoms with van der Waals surface area (Å²) in [4.78, 5) is 0. The van der Waals surface area contributed by atoms with Crippen molar-refractivity contribution in [3.63, 3.8) is 0 Å². The van der Waals surface area contributed by atoms with E-state index in [2.05, 4.69) is 58.2 Å². The molecule has 0 radical (unpaired) electrons. The van der Waals surface area contributed by atoms with Crippen LogP contribution in [0.5, 0.6) is 0 Å². The Balaban J connectivity index is 1.66. The second-order valence-electron chi connectivity index (χ2n) is 5.32. The molecule has 2 heterocycles. The van der Waals surface area contributed by atoms with Gasteiger partial charge in [-0.2, -0.15) is 0 Å².